The SMILES string of the molecule is C.CC(C)(C)OC(=O)NS(=O)(=O)NCc1nnc(Cc2nc3ccc(-c4ccccc4)cc3s2)o1.CNc1cc[n+](S(=O)(=O)N=C([O-])OC(C)(C)C)cc1.NCc1nnc(Cc2nc3ccc(-c4ccccc4)cc3s2)o1.NS(=O)(=O)NCc1nnc(C(=O)c2nc3ccc(-c4ccccc4)cc3s2)o1.NS(=O)(=O)NCc1nnc(Cc2nc3ccc(-c4ccccc4)cc3s2)o1. The zero-order valence-electron chi connectivity index (χ0n) is 70.4. The quantitative estimate of drug-likeness (QED) is 0.0108. The fourth-order valence-corrected chi connectivity index (χ4v) is 17.7. The highest BCUT2D eigenvalue weighted by Gasteiger charge is 2.26. The number of hydrogen-bond donors (Lipinski definition) is 8. The van der Waals surface area contributed by atoms with Crippen molar-refractivity contribution in [3.63, 3.8) is 0 Å². The molecule has 11 N–H and O–H groups in total. The number of pyridine rings is 1. The van der Waals surface area contributed by atoms with Crippen LogP contribution in [0.3, 0.4) is 0 Å². The predicted octanol–water partition coefficient (Wildman–Crippen LogP) is 11.6. The van der Waals surface area contributed by atoms with Gasteiger partial charge >= 0.3 is 26.5 Å². The molecule has 0 saturated heterocycles. The molecule has 39 nitrogen and oxygen atoms in total. The van der Waals surface area contributed by atoms with Crippen molar-refractivity contribution < 1.29 is 79.5 Å². The highest BCUT2D eigenvalue weighted by Crippen LogP contribution is 2.35. The van der Waals surface area contributed by atoms with Crippen LogP contribution in [0.25, 0.3) is 85.4 Å². The normalized spacial score (nSPS) is 11.9. The fourth-order valence-electron chi connectivity index (χ4n) is 11.7. The number of anilines is 1. The number of thiazole rings is 4. The average Bonchev–Trinajstić information content (AvgIpc) is 1.66. The van der Waals surface area contributed by atoms with Gasteiger partial charge in [-0.1, -0.05) is 182 Å². The maximum absolute atomic E-state index is 12.6. The van der Waals surface area contributed by atoms with Gasteiger partial charge in [0.1, 0.15) is 20.6 Å². The van der Waals surface area contributed by atoms with Gasteiger partial charge in [0.15, 0.2) is 23.5 Å². The van der Waals surface area contributed by atoms with Gasteiger partial charge in [0.2, 0.25) is 41.2 Å². The standard InChI is InChI=1S/C22H23N5O5S2.C17H13N5O4S2.C17H15N5O3S2.C17H14N4OS.C11H17N3O4S.CH4/c1-22(2,3)32-21(28)27-34(29,30)23-13-19-26-25-18(31-19)12-20-24-16-10-9-15(11-17(16)33-20)14-7-5-4-6-8-14;18-28(24,25)19-9-14-21-22-16(26-14)15(23)17-20-12-7-6-11(8-13(12)27-17)10-4-2-1-3-5-10;18-27(23,24)19-10-16-22-21-15(25-16)9-17-20-13-7-6-12(8-14(13)26-17)11-4-2-1-3-5-11;18-10-16-21-20-15(22-16)9-17-19-13-7-6-12(8-14(13)23-17)11-4-2-1-3-5-11;1-11(2,3)18-10(15)13-19(16,17)14-7-5-9(12-4)6-8-14;/h4-11,23H,12-13H2,1-3H3,(H,27,28);1-8,19H,9H2,(H2,18,24,25);1-8,19H,9-10H2,(H2,18,23,24);1-8H,9-10,18H2;5-8H,1-4H3,(H,13,15);1H4. The molecule has 0 aliphatic rings. The molecule has 0 aliphatic heterocycles. The molecule has 9 aromatic heterocycles. The summed E-state index contributed by atoms with van der Waals surface area (Å²) in [7, 11) is -14.3. The molecule has 0 spiro atoms. The first kappa shape index (κ1) is 97.7. The van der Waals surface area contributed by atoms with E-state index in [1.807, 2.05) is 132 Å². The number of nitrogens with one attached hydrogen (secondary N) is 5. The number of amides is 1. The molecule has 0 unspecified atom stereocenters. The van der Waals surface area contributed by atoms with Gasteiger partial charge in [-0.25, -0.2) is 39.7 Å². The van der Waals surface area contributed by atoms with Crippen molar-refractivity contribution in [2.45, 2.75) is 106 Å². The molecule has 0 bridgehead atoms. The molecule has 17 rings (SSSR count). The van der Waals surface area contributed by atoms with Crippen molar-refractivity contribution in [2.75, 3.05) is 12.4 Å². The van der Waals surface area contributed by atoms with E-state index in [-0.39, 0.29) is 62.2 Å². The van der Waals surface area contributed by atoms with Crippen LogP contribution in [0.5, 0.6) is 0 Å². The summed E-state index contributed by atoms with van der Waals surface area (Å²) in [6.07, 6.45) is 1.57. The Hall–Kier alpha value is -13.4. The van der Waals surface area contributed by atoms with E-state index < -0.39 is 70.0 Å². The molecule has 0 aliphatic carbocycles. The topological polar surface area (TPSA) is 574 Å². The second-order valence-corrected chi connectivity index (χ2v) is 39.9. The third-order valence-electron chi connectivity index (χ3n) is 17.4. The van der Waals surface area contributed by atoms with Gasteiger partial charge in [-0.3, -0.25) is 4.79 Å². The van der Waals surface area contributed by atoms with Crippen molar-refractivity contribution in [3.8, 4) is 44.5 Å². The minimum absolute atomic E-state index is 0. The second-order valence-electron chi connectivity index (χ2n) is 29.7. The Bertz CT molecular complexity index is 7350. The number of ether oxygens (including phenoxy) is 2. The average molecular weight is 1940 g/mol. The highest BCUT2D eigenvalue weighted by molar-refractivity contribution is 7.88. The van der Waals surface area contributed by atoms with Crippen molar-refractivity contribution in [3.05, 3.63) is 286 Å². The lowest BCUT2D eigenvalue weighted by atomic mass is 10.1. The Morgan fingerprint density at radius 1 is 0.432 bits per heavy atom. The summed E-state index contributed by atoms with van der Waals surface area (Å²) in [6, 6.07) is 67.8. The van der Waals surface area contributed by atoms with E-state index in [9.17, 15) is 48.4 Å². The van der Waals surface area contributed by atoms with E-state index >= 15 is 0 Å². The third kappa shape index (κ3) is 28.8. The van der Waals surface area contributed by atoms with E-state index in [1.165, 1.54) is 46.2 Å². The number of hydrogen-bond acceptors (Lipinski definition) is 35. The number of nitrogens with two attached hydrogens (primary N) is 3. The number of rotatable bonds is 26. The van der Waals surface area contributed by atoms with Gasteiger partial charge in [-0.2, -0.15) is 39.4 Å². The van der Waals surface area contributed by atoms with E-state index in [0.29, 0.717) is 48.3 Å². The first-order valence-electron chi connectivity index (χ1n) is 39.1. The van der Waals surface area contributed by atoms with Crippen LogP contribution in [-0.4, -0.2) is 131 Å². The summed E-state index contributed by atoms with van der Waals surface area (Å²) in [6.45, 7) is 9.27. The Balaban J connectivity index is 0.000000150. The smallest absolute Gasteiger partial charge is 0.493 e. The van der Waals surface area contributed by atoms with Crippen molar-refractivity contribution >= 4 is 151 Å². The molecule has 686 valence electrons. The number of carbonyl (C=O) groups excluding carboxylic acids is 2. The molecule has 0 radical (unpaired) electrons. The van der Waals surface area contributed by atoms with Crippen LogP contribution >= 0.6 is 45.3 Å². The van der Waals surface area contributed by atoms with Crippen LogP contribution in [0, 0.1) is 0 Å². The number of fused-ring (bicyclic) bond motifs is 4. The molecule has 9 heterocycles. The Morgan fingerprint density at radius 3 is 1.14 bits per heavy atom. The van der Waals surface area contributed by atoms with E-state index in [0.717, 1.165) is 93.4 Å². The number of benzene rings is 8. The number of nitrogens with zero attached hydrogens (tertiary/aromatic N) is 14. The van der Waals surface area contributed by atoms with Gasteiger partial charge < -0.3 is 43.3 Å². The molecule has 1 amide bonds. The van der Waals surface area contributed by atoms with Gasteiger partial charge in [-0.15, -0.1) is 94.6 Å². The summed E-state index contributed by atoms with van der Waals surface area (Å²) < 4.78 is 139. The third-order valence-corrected chi connectivity index (χ3v) is 24.7. The summed E-state index contributed by atoms with van der Waals surface area (Å²) in [5.74, 6) is 0.985. The van der Waals surface area contributed by atoms with E-state index in [1.54, 1.807) is 88.1 Å². The monoisotopic (exact) mass is 1940 g/mol. The second kappa shape index (κ2) is 43.1. The summed E-state index contributed by atoms with van der Waals surface area (Å²) >= 11 is 5.95. The molecular weight excluding hydrogens is 1860 g/mol. The van der Waals surface area contributed by atoms with Crippen molar-refractivity contribution in [1.29, 1.82) is 0 Å². The summed E-state index contributed by atoms with van der Waals surface area (Å²) in [4.78, 5) is 42.4. The van der Waals surface area contributed by atoms with Crippen LogP contribution in [0.4, 0.5) is 10.5 Å². The van der Waals surface area contributed by atoms with Crippen LogP contribution in [-0.2, 0) is 95.8 Å². The van der Waals surface area contributed by atoms with Crippen molar-refractivity contribution in [2.24, 2.45) is 20.4 Å². The van der Waals surface area contributed by atoms with Gasteiger partial charge in [0.05, 0.1) is 86.3 Å². The predicted molar refractivity (Wildman–Crippen MR) is 498 cm³/mol. The number of carbonyl (C=O) groups is 2. The van der Waals surface area contributed by atoms with E-state index in [4.69, 9.17) is 43.2 Å². The number of ketones is 1. The lowest BCUT2D eigenvalue weighted by Crippen LogP contribution is -2.43. The van der Waals surface area contributed by atoms with Gasteiger partial charge in [0.25, 0.3) is 32.1 Å². The molecule has 0 fully saturated rings. The zero-order valence-corrected chi connectivity index (χ0v) is 77.0. The summed E-state index contributed by atoms with van der Waals surface area (Å²) in [5, 5.41) is 57.4. The lowest BCUT2D eigenvalue weighted by molar-refractivity contribution is -0.511. The molecular formula is C85H86N22O17S8. The minimum atomic E-state index is -4.16. The molecule has 8 aromatic carbocycles. The first-order valence-corrected chi connectivity index (χ1v) is 48.4. The van der Waals surface area contributed by atoms with E-state index in [2.05, 4.69) is 147 Å². The Morgan fingerprint density at radius 2 is 0.773 bits per heavy atom. The Kier molecular flexibility index (Phi) is 31.9. The van der Waals surface area contributed by atoms with Crippen molar-refractivity contribution in [1.82, 2.24) is 79.6 Å². The largest absolute Gasteiger partial charge is 0.594 e. The molecule has 17 aromatic rings. The molecule has 0 atom stereocenters. The van der Waals surface area contributed by atoms with Crippen LogP contribution in [0.2, 0.25) is 0 Å². The van der Waals surface area contributed by atoms with Gasteiger partial charge in [-0.05, 0) is 114 Å². The van der Waals surface area contributed by atoms with Crippen LogP contribution < -0.4 is 49.3 Å². The van der Waals surface area contributed by atoms with Crippen LogP contribution in [0.1, 0.15) is 121 Å². The molecule has 0 saturated carbocycles. The molecule has 132 heavy (non-hydrogen) atoms. The maximum Gasteiger partial charge on any atom is 0.493 e. The first-order chi connectivity index (χ1) is 62.4. The highest BCUT2D eigenvalue weighted by atomic mass is 32.2. The summed E-state index contributed by atoms with van der Waals surface area (Å²) in [5.41, 5.74) is 17.0. The fraction of sp³-hybridized carbons (Fsp3) is 0.200. The zero-order chi connectivity index (χ0) is 93.3. The Labute approximate surface area is 772 Å². The maximum atomic E-state index is 12.6. The van der Waals surface area contributed by atoms with Crippen LogP contribution in [0.15, 0.2) is 241 Å². The lowest BCUT2D eigenvalue weighted by Gasteiger charge is -2.28. The number of aromatic nitrogens is 13. The molecule has 47 heteroatoms. The minimum Gasteiger partial charge on any atom is -0.594 e. The van der Waals surface area contributed by atoms with Gasteiger partial charge in [0, 0.05) is 30.5 Å².